The number of hydrogen-bond acceptors (Lipinski definition) is 3. The van der Waals surface area contributed by atoms with E-state index in [0.717, 1.165) is 25.1 Å². The molecular weight excluding hydrogens is 264 g/mol. The average Bonchev–Trinajstić information content (AvgIpc) is 3.11. The Morgan fingerprint density at radius 1 is 1.33 bits per heavy atom. The van der Waals surface area contributed by atoms with Crippen LogP contribution in [0.2, 0.25) is 0 Å². The van der Waals surface area contributed by atoms with Crippen LogP contribution in [0.3, 0.4) is 0 Å². The monoisotopic (exact) mass is 284 g/mol. The molecule has 0 saturated carbocycles. The predicted molar refractivity (Wildman–Crippen MR) is 80.7 cm³/mol. The van der Waals surface area contributed by atoms with Gasteiger partial charge in [0.05, 0.1) is 24.3 Å². The fourth-order valence-electron chi connectivity index (χ4n) is 4.03. The number of benzene rings is 1. The van der Waals surface area contributed by atoms with Crippen molar-refractivity contribution in [2.75, 3.05) is 20.1 Å². The molecule has 0 N–H and O–H groups in total. The molecule has 4 atom stereocenters. The summed E-state index contributed by atoms with van der Waals surface area (Å²) in [6, 6.07) is 10.5. The van der Waals surface area contributed by atoms with Gasteiger partial charge in [0.25, 0.3) is 0 Å². The van der Waals surface area contributed by atoms with Crippen LogP contribution in [0.4, 0.5) is 0 Å². The number of carbonyl (C=O) groups excluding carboxylic acids is 1. The van der Waals surface area contributed by atoms with Crippen LogP contribution in [0.5, 0.6) is 0 Å². The standard InChI is InChI=1S/C17H20N2O2/c1-18(15(20)8-7-12-5-3-2-4-6-12)16-14-11-19-10-9-13(21-14)17(16)19/h2-8,13-14,16-17H,9-11H2,1H3/b8-7+. The summed E-state index contributed by atoms with van der Waals surface area (Å²) in [6.45, 7) is 2.09. The van der Waals surface area contributed by atoms with Gasteiger partial charge in [0.1, 0.15) is 0 Å². The highest BCUT2D eigenvalue weighted by Crippen LogP contribution is 2.41. The topological polar surface area (TPSA) is 32.8 Å². The number of hydrogen-bond donors (Lipinski definition) is 0. The molecule has 4 unspecified atom stereocenters. The Labute approximate surface area is 125 Å². The van der Waals surface area contributed by atoms with Gasteiger partial charge < -0.3 is 9.64 Å². The van der Waals surface area contributed by atoms with Crippen molar-refractivity contribution in [2.45, 2.75) is 30.7 Å². The Morgan fingerprint density at radius 2 is 2.14 bits per heavy atom. The smallest absolute Gasteiger partial charge is 0.246 e. The average molecular weight is 284 g/mol. The summed E-state index contributed by atoms with van der Waals surface area (Å²) in [7, 11) is 1.91. The molecule has 21 heavy (non-hydrogen) atoms. The van der Waals surface area contributed by atoms with Gasteiger partial charge in [0.2, 0.25) is 5.91 Å². The number of nitrogens with zero attached hydrogens (tertiary/aromatic N) is 2. The molecule has 4 heteroatoms. The van der Waals surface area contributed by atoms with Gasteiger partial charge in [-0.1, -0.05) is 30.3 Å². The van der Waals surface area contributed by atoms with Crippen LogP contribution < -0.4 is 0 Å². The number of fused-ring (bicyclic) bond motifs is 1. The zero-order valence-corrected chi connectivity index (χ0v) is 12.2. The first-order valence-electron chi connectivity index (χ1n) is 7.63. The molecule has 4 rings (SSSR count). The lowest BCUT2D eigenvalue weighted by atomic mass is 10.1. The molecule has 110 valence electrons. The van der Waals surface area contributed by atoms with Crippen LogP contribution in [0.15, 0.2) is 36.4 Å². The van der Waals surface area contributed by atoms with Gasteiger partial charge in [-0.2, -0.15) is 0 Å². The maximum absolute atomic E-state index is 12.4. The molecule has 4 nitrogen and oxygen atoms in total. The van der Waals surface area contributed by atoms with E-state index < -0.39 is 0 Å². The molecule has 3 aliphatic heterocycles. The van der Waals surface area contributed by atoms with Gasteiger partial charge in [0, 0.05) is 26.2 Å². The fourth-order valence-corrected chi connectivity index (χ4v) is 4.03. The van der Waals surface area contributed by atoms with E-state index in [0.29, 0.717) is 12.1 Å². The van der Waals surface area contributed by atoms with E-state index in [1.165, 1.54) is 0 Å². The quantitative estimate of drug-likeness (QED) is 0.786. The van der Waals surface area contributed by atoms with Gasteiger partial charge in [-0.15, -0.1) is 0 Å². The lowest BCUT2D eigenvalue weighted by molar-refractivity contribution is -0.127. The van der Waals surface area contributed by atoms with E-state index in [4.69, 9.17) is 4.74 Å². The van der Waals surface area contributed by atoms with Gasteiger partial charge in [-0.05, 0) is 18.1 Å². The van der Waals surface area contributed by atoms with E-state index in [9.17, 15) is 4.79 Å². The largest absolute Gasteiger partial charge is 0.370 e. The summed E-state index contributed by atoms with van der Waals surface area (Å²) in [4.78, 5) is 16.8. The maximum Gasteiger partial charge on any atom is 0.246 e. The summed E-state index contributed by atoms with van der Waals surface area (Å²) in [5.74, 6) is 0.0619. The van der Waals surface area contributed by atoms with Crippen molar-refractivity contribution in [3.05, 3.63) is 42.0 Å². The highest BCUT2D eigenvalue weighted by atomic mass is 16.5. The van der Waals surface area contributed by atoms with Crippen molar-refractivity contribution >= 4 is 12.0 Å². The zero-order chi connectivity index (χ0) is 14.4. The van der Waals surface area contributed by atoms with Crippen LogP contribution in [0.25, 0.3) is 6.08 Å². The Hall–Kier alpha value is -1.65. The molecule has 1 amide bonds. The summed E-state index contributed by atoms with van der Waals surface area (Å²) >= 11 is 0. The molecule has 0 radical (unpaired) electrons. The first-order valence-corrected chi connectivity index (χ1v) is 7.63. The highest BCUT2D eigenvalue weighted by Gasteiger charge is 2.58. The molecule has 0 aromatic heterocycles. The second-order valence-corrected chi connectivity index (χ2v) is 6.17. The van der Waals surface area contributed by atoms with Gasteiger partial charge >= 0.3 is 0 Å². The number of likely N-dealkylation sites (N-methyl/N-ethyl adjacent to an activating group) is 1. The Bertz CT molecular complexity index is 557. The number of amides is 1. The minimum absolute atomic E-state index is 0.0619. The lowest BCUT2D eigenvalue weighted by Gasteiger charge is -2.26. The van der Waals surface area contributed by atoms with Gasteiger partial charge in [-0.25, -0.2) is 0 Å². The SMILES string of the molecule is CN(C(=O)/C=C/c1ccccc1)C1C2CN3CCC(O2)C13. The summed E-state index contributed by atoms with van der Waals surface area (Å²) in [6.07, 6.45) is 5.19. The third-order valence-electron chi connectivity index (χ3n) is 5.01. The number of ether oxygens (including phenoxy) is 1. The summed E-state index contributed by atoms with van der Waals surface area (Å²) in [5, 5.41) is 0. The van der Waals surface area contributed by atoms with E-state index >= 15 is 0 Å². The van der Waals surface area contributed by atoms with Gasteiger partial charge in [0.15, 0.2) is 0 Å². The molecule has 1 aromatic rings. The van der Waals surface area contributed by atoms with E-state index in [1.54, 1.807) is 6.08 Å². The first-order chi connectivity index (χ1) is 10.2. The maximum atomic E-state index is 12.4. The van der Waals surface area contributed by atoms with Crippen molar-refractivity contribution < 1.29 is 9.53 Å². The second-order valence-electron chi connectivity index (χ2n) is 6.17. The van der Waals surface area contributed by atoms with Crippen LogP contribution in [0.1, 0.15) is 12.0 Å². The number of carbonyl (C=O) groups is 1. The number of rotatable bonds is 3. The molecule has 3 heterocycles. The minimum atomic E-state index is 0.0619. The molecule has 3 aliphatic rings. The zero-order valence-electron chi connectivity index (χ0n) is 12.2. The Kier molecular flexibility index (Phi) is 3.08. The van der Waals surface area contributed by atoms with Crippen molar-refractivity contribution in [1.29, 1.82) is 0 Å². The Balaban J connectivity index is 1.47. The third kappa shape index (κ3) is 2.10. The van der Waals surface area contributed by atoms with Crippen LogP contribution in [0, 0.1) is 0 Å². The molecule has 0 aliphatic carbocycles. The van der Waals surface area contributed by atoms with E-state index in [-0.39, 0.29) is 18.1 Å². The third-order valence-corrected chi connectivity index (χ3v) is 5.01. The molecule has 2 bridgehead atoms. The van der Waals surface area contributed by atoms with Crippen molar-refractivity contribution in [3.8, 4) is 0 Å². The van der Waals surface area contributed by atoms with Crippen LogP contribution in [-0.4, -0.2) is 60.1 Å². The van der Waals surface area contributed by atoms with Crippen LogP contribution in [-0.2, 0) is 9.53 Å². The van der Waals surface area contributed by atoms with Crippen molar-refractivity contribution in [2.24, 2.45) is 0 Å². The minimum Gasteiger partial charge on any atom is -0.370 e. The highest BCUT2D eigenvalue weighted by molar-refractivity contribution is 5.92. The second kappa shape index (κ2) is 4.97. The lowest BCUT2D eigenvalue weighted by Crippen LogP contribution is -2.45. The molecular formula is C17H20N2O2. The van der Waals surface area contributed by atoms with Crippen molar-refractivity contribution in [1.82, 2.24) is 9.80 Å². The Morgan fingerprint density at radius 3 is 2.90 bits per heavy atom. The van der Waals surface area contributed by atoms with E-state index in [1.807, 2.05) is 48.4 Å². The molecule has 1 aromatic carbocycles. The van der Waals surface area contributed by atoms with Crippen LogP contribution >= 0.6 is 0 Å². The first kappa shape index (κ1) is 13.0. The van der Waals surface area contributed by atoms with Crippen molar-refractivity contribution in [3.63, 3.8) is 0 Å². The molecule has 3 fully saturated rings. The summed E-state index contributed by atoms with van der Waals surface area (Å²) in [5.41, 5.74) is 1.05. The fraction of sp³-hybridized carbons (Fsp3) is 0.471. The molecule has 3 saturated heterocycles. The predicted octanol–water partition coefficient (Wildman–Crippen LogP) is 1.38. The number of morpholine rings is 1. The summed E-state index contributed by atoms with van der Waals surface area (Å²) < 4.78 is 6.04. The molecule has 0 spiro atoms. The van der Waals surface area contributed by atoms with E-state index in [2.05, 4.69) is 4.90 Å². The van der Waals surface area contributed by atoms with Gasteiger partial charge in [-0.3, -0.25) is 9.69 Å². The normalized spacial score (nSPS) is 34.0.